The molecule has 0 bridgehead atoms. The number of aromatic nitrogens is 2. The molecule has 4 aromatic heterocycles. The molecule has 40 heavy (non-hydrogen) atoms. The average Bonchev–Trinajstić information content (AvgIpc) is 3.62. The number of carbonyl (C=O) groups is 3. The molecule has 4 heterocycles. The molecule has 4 rings (SSSR count). The van der Waals surface area contributed by atoms with Gasteiger partial charge in [-0.25, -0.2) is 14.6 Å². The number of allylic oxidation sites excluding steroid dienone is 1. The largest absolute Gasteiger partial charge is 0.462 e. The van der Waals surface area contributed by atoms with E-state index < -0.39 is 17.8 Å². The van der Waals surface area contributed by atoms with Gasteiger partial charge in [-0.15, -0.1) is 29.3 Å². The molecule has 0 radical (unpaired) electrons. The van der Waals surface area contributed by atoms with Gasteiger partial charge in [0.15, 0.2) is 5.16 Å². The Labute approximate surface area is 242 Å². The van der Waals surface area contributed by atoms with Crippen molar-refractivity contribution in [1.29, 1.82) is 0 Å². The SMILES string of the molecule is C=CCn1c(SCC(=O)Nc2sc(C(=O)OCC)c(C)c2C(=O)OCC)nc2scc(-c3ccc(C)o3)c2c1=O. The lowest BCUT2D eigenvalue weighted by molar-refractivity contribution is -0.113. The number of carbonyl (C=O) groups excluding carboxylic acids is 3. The third-order valence-corrected chi connectivity index (χ3v) is 8.68. The van der Waals surface area contributed by atoms with Gasteiger partial charge < -0.3 is 19.2 Å². The standard InChI is InChI=1S/C27H27N3O7S3/c1-6-11-30-24(32)20-16(17-10-9-14(4)37-17)12-38-22(20)29-27(30)39-13-18(31)28-23-19(25(33)35-7-2)15(5)21(40-23)26(34)36-8-3/h6,9-10,12H,1,7-8,11,13H2,2-5H3,(H,28,31). The van der Waals surface area contributed by atoms with E-state index in [0.717, 1.165) is 28.9 Å². The van der Waals surface area contributed by atoms with Crippen LogP contribution in [-0.4, -0.2) is 46.4 Å². The van der Waals surface area contributed by atoms with Crippen LogP contribution < -0.4 is 10.9 Å². The van der Waals surface area contributed by atoms with E-state index in [-0.39, 0.29) is 46.5 Å². The summed E-state index contributed by atoms with van der Waals surface area (Å²) in [6, 6.07) is 3.64. The van der Waals surface area contributed by atoms with Gasteiger partial charge in [0.2, 0.25) is 5.91 Å². The maximum absolute atomic E-state index is 13.5. The molecule has 0 saturated carbocycles. The van der Waals surface area contributed by atoms with E-state index in [1.165, 1.54) is 15.9 Å². The van der Waals surface area contributed by atoms with E-state index >= 15 is 0 Å². The van der Waals surface area contributed by atoms with Crippen molar-refractivity contribution in [3.8, 4) is 11.3 Å². The number of fused-ring (bicyclic) bond motifs is 1. The first-order chi connectivity index (χ1) is 19.2. The molecule has 0 fully saturated rings. The molecule has 1 N–H and O–H groups in total. The number of thioether (sulfide) groups is 1. The van der Waals surface area contributed by atoms with Crippen molar-refractivity contribution < 1.29 is 28.3 Å². The van der Waals surface area contributed by atoms with Crippen molar-refractivity contribution in [1.82, 2.24) is 9.55 Å². The van der Waals surface area contributed by atoms with Crippen LogP contribution in [0.2, 0.25) is 0 Å². The highest BCUT2D eigenvalue weighted by molar-refractivity contribution is 7.99. The highest BCUT2D eigenvalue weighted by atomic mass is 32.2. The quantitative estimate of drug-likeness (QED) is 0.100. The molecule has 0 aliphatic rings. The van der Waals surface area contributed by atoms with Crippen molar-refractivity contribution in [2.24, 2.45) is 0 Å². The van der Waals surface area contributed by atoms with E-state index in [4.69, 9.17) is 13.9 Å². The second kappa shape index (κ2) is 12.7. The van der Waals surface area contributed by atoms with Crippen molar-refractivity contribution in [3.05, 3.63) is 62.3 Å². The summed E-state index contributed by atoms with van der Waals surface area (Å²) >= 11 is 3.34. The van der Waals surface area contributed by atoms with E-state index in [2.05, 4.69) is 16.9 Å². The topological polar surface area (TPSA) is 130 Å². The summed E-state index contributed by atoms with van der Waals surface area (Å²) < 4.78 is 17.4. The summed E-state index contributed by atoms with van der Waals surface area (Å²) in [5, 5.41) is 5.51. The minimum absolute atomic E-state index is 0.107. The Bertz CT molecular complexity index is 1660. The molecule has 0 aliphatic heterocycles. The summed E-state index contributed by atoms with van der Waals surface area (Å²) in [5.74, 6) is -0.492. The van der Waals surface area contributed by atoms with Crippen molar-refractivity contribution in [3.63, 3.8) is 0 Å². The molecular weight excluding hydrogens is 575 g/mol. The number of anilines is 1. The first-order valence-corrected chi connectivity index (χ1v) is 15.0. The summed E-state index contributed by atoms with van der Waals surface area (Å²) in [6.45, 7) is 11.0. The zero-order valence-corrected chi connectivity index (χ0v) is 24.8. The molecular formula is C27H27N3O7S3. The Hall–Kier alpha value is -3.68. The smallest absolute Gasteiger partial charge is 0.348 e. The number of hydrogen-bond donors (Lipinski definition) is 1. The van der Waals surface area contributed by atoms with Gasteiger partial charge in [-0.1, -0.05) is 17.8 Å². The second-order valence-corrected chi connectivity index (χ2v) is 11.2. The highest BCUT2D eigenvalue weighted by Crippen LogP contribution is 2.35. The summed E-state index contributed by atoms with van der Waals surface area (Å²) in [5.41, 5.74) is 0.873. The van der Waals surface area contributed by atoms with Crippen LogP contribution in [0.3, 0.4) is 0 Å². The number of nitrogens with zero attached hydrogens (tertiary/aromatic N) is 2. The summed E-state index contributed by atoms with van der Waals surface area (Å²) in [7, 11) is 0. The Balaban J connectivity index is 1.61. The van der Waals surface area contributed by atoms with Crippen LogP contribution >= 0.6 is 34.4 Å². The van der Waals surface area contributed by atoms with Crippen molar-refractivity contribution in [2.45, 2.75) is 39.4 Å². The molecule has 1 amide bonds. The molecule has 0 aromatic carbocycles. The van der Waals surface area contributed by atoms with Gasteiger partial charge in [0.1, 0.15) is 26.2 Å². The monoisotopic (exact) mass is 601 g/mol. The summed E-state index contributed by atoms with van der Waals surface area (Å²) in [6.07, 6.45) is 1.58. The maximum Gasteiger partial charge on any atom is 0.348 e. The number of furan rings is 1. The van der Waals surface area contributed by atoms with Gasteiger partial charge in [0.25, 0.3) is 5.56 Å². The number of aryl methyl sites for hydroxylation is 1. The first-order valence-electron chi connectivity index (χ1n) is 12.3. The number of amides is 1. The lowest BCUT2D eigenvalue weighted by atomic mass is 10.1. The molecule has 4 aromatic rings. The van der Waals surface area contributed by atoms with Gasteiger partial charge in [-0.2, -0.15) is 0 Å². The molecule has 0 aliphatic carbocycles. The normalized spacial score (nSPS) is 11.0. The summed E-state index contributed by atoms with van der Waals surface area (Å²) in [4.78, 5) is 56.9. The zero-order chi connectivity index (χ0) is 29.0. The average molecular weight is 602 g/mol. The lowest BCUT2D eigenvalue weighted by Gasteiger charge is -2.11. The van der Waals surface area contributed by atoms with Crippen LogP contribution in [0.1, 0.15) is 45.2 Å². The molecule has 0 saturated heterocycles. The fourth-order valence-corrected chi connectivity index (χ4v) is 6.78. The van der Waals surface area contributed by atoms with Crippen LogP contribution in [0.4, 0.5) is 5.00 Å². The third-order valence-electron chi connectivity index (χ3n) is 5.65. The Morgan fingerprint density at radius 2 is 1.90 bits per heavy atom. The van der Waals surface area contributed by atoms with Crippen LogP contribution in [-0.2, 0) is 20.8 Å². The molecule has 0 unspecified atom stereocenters. The van der Waals surface area contributed by atoms with Crippen LogP contribution in [0, 0.1) is 13.8 Å². The van der Waals surface area contributed by atoms with Gasteiger partial charge in [0.05, 0.1) is 29.9 Å². The first kappa shape index (κ1) is 29.3. The number of rotatable bonds is 11. The maximum atomic E-state index is 13.5. The number of thiophene rings is 2. The van der Waals surface area contributed by atoms with Crippen molar-refractivity contribution >= 4 is 67.5 Å². The van der Waals surface area contributed by atoms with E-state index in [1.807, 2.05) is 24.4 Å². The lowest BCUT2D eigenvalue weighted by Crippen LogP contribution is -2.23. The highest BCUT2D eigenvalue weighted by Gasteiger charge is 2.27. The van der Waals surface area contributed by atoms with Crippen LogP contribution in [0.5, 0.6) is 0 Å². The van der Waals surface area contributed by atoms with Crippen molar-refractivity contribution in [2.75, 3.05) is 24.3 Å². The third kappa shape index (κ3) is 5.91. The number of hydrogen-bond acceptors (Lipinski definition) is 11. The molecule has 13 heteroatoms. The molecule has 210 valence electrons. The molecule has 10 nitrogen and oxygen atoms in total. The Morgan fingerprint density at radius 1 is 1.18 bits per heavy atom. The fraction of sp³-hybridized carbons (Fsp3) is 0.296. The van der Waals surface area contributed by atoms with Crippen LogP contribution in [0.25, 0.3) is 21.5 Å². The minimum atomic E-state index is -0.651. The number of ether oxygens (including phenoxy) is 2. The van der Waals surface area contributed by atoms with Gasteiger partial charge in [0, 0.05) is 17.5 Å². The minimum Gasteiger partial charge on any atom is -0.462 e. The van der Waals surface area contributed by atoms with Crippen LogP contribution in [0.15, 0.2) is 44.5 Å². The molecule has 0 atom stereocenters. The van der Waals surface area contributed by atoms with E-state index in [0.29, 0.717) is 32.3 Å². The Morgan fingerprint density at radius 3 is 2.55 bits per heavy atom. The predicted molar refractivity (Wildman–Crippen MR) is 157 cm³/mol. The Kier molecular flexibility index (Phi) is 9.28. The second-order valence-electron chi connectivity index (χ2n) is 8.38. The predicted octanol–water partition coefficient (Wildman–Crippen LogP) is 5.67. The zero-order valence-electron chi connectivity index (χ0n) is 22.3. The van der Waals surface area contributed by atoms with E-state index in [9.17, 15) is 19.2 Å². The number of nitrogens with one attached hydrogen (secondary N) is 1. The van der Waals surface area contributed by atoms with Gasteiger partial charge in [-0.3, -0.25) is 14.2 Å². The number of esters is 2. The van der Waals surface area contributed by atoms with Gasteiger partial charge in [-0.05, 0) is 45.4 Å². The fourth-order valence-electron chi connectivity index (χ4n) is 3.90. The van der Waals surface area contributed by atoms with E-state index in [1.54, 1.807) is 26.8 Å². The van der Waals surface area contributed by atoms with Gasteiger partial charge >= 0.3 is 11.9 Å². The molecule has 0 spiro atoms.